The fraction of sp³-hybridized carbons (Fsp3) is 0.500. The number of carbonyl (C=O) groups excluding carboxylic acids is 4. The summed E-state index contributed by atoms with van der Waals surface area (Å²) < 4.78 is 90.3. The molecule has 2 aromatic heterocycles. The summed E-state index contributed by atoms with van der Waals surface area (Å²) in [6.07, 6.45) is 0.398. The molecule has 19 heteroatoms. The molecule has 4 heterocycles. The van der Waals surface area contributed by atoms with Gasteiger partial charge in [-0.2, -0.15) is 13.2 Å². The lowest BCUT2D eigenvalue weighted by atomic mass is 10.0. The molecular weight excluding hydrogens is 769 g/mol. The Morgan fingerprint density at radius 1 is 1.07 bits per heavy atom. The number of hydrogen-bond donors (Lipinski definition) is 3. The molecule has 3 fully saturated rings. The largest absolute Gasteiger partial charge is 0.471 e. The lowest BCUT2D eigenvalue weighted by Gasteiger charge is -2.30. The Hall–Kier alpha value is -4.65. The summed E-state index contributed by atoms with van der Waals surface area (Å²) in [6.45, 7) is 1.31. The van der Waals surface area contributed by atoms with Crippen LogP contribution in [0.3, 0.4) is 0 Å². The number of carbonyl (C=O) groups is 4. The third-order valence-electron chi connectivity index (χ3n) is 10.4. The number of amides is 4. The van der Waals surface area contributed by atoms with Gasteiger partial charge in [0.05, 0.1) is 27.7 Å². The molecule has 1 saturated heterocycles. The van der Waals surface area contributed by atoms with E-state index in [1.54, 1.807) is 24.4 Å². The minimum Gasteiger partial charge on any atom is -0.471 e. The van der Waals surface area contributed by atoms with Gasteiger partial charge in [0.1, 0.15) is 29.5 Å². The average Bonchev–Trinajstić information content (AvgIpc) is 4.01. The molecule has 0 radical (unpaired) electrons. The van der Waals surface area contributed by atoms with Crippen molar-refractivity contribution < 1.29 is 49.9 Å². The van der Waals surface area contributed by atoms with Crippen LogP contribution in [0.5, 0.6) is 5.88 Å². The van der Waals surface area contributed by atoms with E-state index < -0.39 is 98.7 Å². The molecule has 1 aromatic carbocycles. The first kappa shape index (κ1) is 38.6. The standard InChI is InChI=1S/C36H38F4N6O7S2/c1-19-13-14-54-28(19)31(48)42-25-8-6-4-2-3-5-7-20-17-35(20,34(50)45-55(51,52)23-10-11-23)44-30(47)27-16-22(18-46(27)33(25)49)53-32-29(36(38,39)40)41-24-12-9-21(37)15-26(24)43-32/h5,7,9,12-15,20,22-23,25,27H,2-4,6,8,10-11,16-18H2,1H3,(H,42,48)(H,44,47)(H,45,50)/b7-5-/t20-,22-,25+,27+,35-/m1/s1. The molecule has 0 bridgehead atoms. The van der Waals surface area contributed by atoms with Crippen molar-refractivity contribution in [3.05, 3.63) is 63.7 Å². The third-order valence-corrected chi connectivity index (χ3v) is 13.2. The third kappa shape index (κ3) is 8.17. The first-order chi connectivity index (χ1) is 26.1. The monoisotopic (exact) mass is 806 g/mol. The average molecular weight is 807 g/mol. The second-order valence-corrected chi connectivity index (χ2v) is 17.3. The van der Waals surface area contributed by atoms with E-state index in [0.717, 1.165) is 23.1 Å². The SMILES string of the molecule is Cc1ccsc1C(=O)N[C@H]1CCCCC/C=C\[C@@H]2C[C@@]2(C(=O)NS(=O)(=O)C2CC2)NC(=O)[C@@H]2C[C@@H](Oc3nc4cc(F)ccc4nc3C(F)(F)F)CN2C1=O. The number of ether oxygens (including phenoxy) is 1. The van der Waals surface area contributed by atoms with Gasteiger partial charge in [0.15, 0.2) is 0 Å². The summed E-state index contributed by atoms with van der Waals surface area (Å²) in [4.78, 5) is 64.8. The Bertz CT molecular complexity index is 2180. The van der Waals surface area contributed by atoms with Gasteiger partial charge in [-0.15, -0.1) is 11.3 Å². The molecule has 3 N–H and O–H groups in total. The lowest BCUT2D eigenvalue weighted by molar-refractivity contribution is -0.143. The quantitative estimate of drug-likeness (QED) is 0.232. The molecule has 2 aliphatic carbocycles. The predicted octanol–water partition coefficient (Wildman–Crippen LogP) is 4.31. The van der Waals surface area contributed by atoms with Crippen molar-refractivity contribution in [2.45, 2.75) is 99.9 Å². The van der Waals surface area contributed by atoms with Gasteiger partial charge in [0.25, 0.3) is 11.8 Å². The molecule has 7 rings (SSSR count). The van der Waals surface area contributed by atoms with E-state index in [1.165, 1.54) is 11.3 Å². The Kier molecular flexibility index (Phi) is 10.4. The smallest absolute Gasteiger partial charge is 0.438 e. The number of halogens is 4. The normalized spacial score (nSPS) is 26.9. The number of nitrogens with zero attached hydrogens (tertiary/aromatic N) is 3. The molecule has 0 spiro atoms. The molecule has 4 aliphatic rings. The molecule has 4 amide bonds. The van der Waals surface area contributed by atoms with Gasteiger partial charge in [-0.1, -0.05) is 25.0 Å². The van der Waals surface area contributed by atoms with Crippen molar-refractivity contribution in [3.8, 4) is 5.88 Å². The zero-order chi connectivity index (χ0) is 39.3. The van der Waals surface area contributed by atoms with E-state index in [1.807, 2.05) is 6.08 Å². The molecule has 2 saturated carbocycles. The highest BCUT2D eigenvalue weighted by Crippen LogP contribution is 2.46. The summed E-state index contributed by atoms with van der Waals surface area (Å²) in [7, 11) is -4.00. The number of thiophene rings is 1. The van der Waals surface area contributed by atoms with Crippen LogP contribution in [0.25, 0.3) is 11.0 Å². The molecule has 55 heavy (non-hydrogen) atoms. The number of fused-ring (bicyclic) bond motifs is 3. The summed E-state index contributed by atoms with van der Waals surface area (Å²) in [5, 5.41) is 6.49. The number of hydrogen-bond acceptors (Lipinski definition) is 10. The van der Waals surface area contributed by atoms with Gasteiger partial charge in [0, 0.05) is 18.4 Å². The van der Waals surface area contributed by atoms with Gasteiger partial charge >= 0.3 is 6.18 Å². The minimum absolute atomic E-state index is 0.0683. The van der Waals surface area contributed by atoms with Crippen LogP contribution in [0, 0.1) is 18.7 Å². The van der Waals surface area contributed by atoms with Crippen molar-refractivity contribution in [1.29, 1.82) is 0 Å². The predicted molar refractivity (Wildman–Crippen MR) is 191 cm³/mol. The van der Waals surface area contributed by atoms with Crippen molar-refractivity contribution in [1.82, 2.24) is 30.2 Å². The number of alkyl halides is 3. The maximum Gasteiger partial charge on any atom is 0.438 e. The zero-order valence-electron chi connectivity index (χ0n) is 29.5. The Labute approximate surface area is 317 Å². The van der Waals surface area contributed by atoms with E-state index >= 15 is 0 Å². The number of aromatic nitrogens is 2. The van der Waals surface area contributed by atoms with E-state index in [2.05, 4.69) is 25.3 Å². The van der Waals surface area contributed by atoms with E-state index in [-0.39, 0.29) is 30.3 Å². The van der Waals surface area contributed by atoms with Gasteiger partial charge in [-0.3, -0.25) is 23.9 Å². The van der Waals surface area contributed by atoms with Crippen LogP contribution >= 0.6 is 11.3 Å². The van der Waals surface area contributed by atoms with Crippen LogP contribution in [0.4, 0.5) is 17.6 Å². The minimum atomic E-state index is -5.05. The molecule has 294 valence electrons. The number of nitrogens with one attached hydrogen (secondary N) is 3. The molecule has 5 atom stereocenters. The van der Waals surface area contributed by atoms with Crippen molar-refractivity contribution in [2.24, 2.45) is 5.92 Å². The van der Waals surface area contributed by atoms with Crippen LogP contribution in [0.2, 0.25) is 0 Å². The second-order valence-electron chi connectivity index (χ2n) is 14.5. The van der Waals surface area contributed by atoms with Crippen LogP contribution in [0.15, 0.2) is 41.8 Å². The number of benzene rings is 1. The maximum atomic E-state index is 14.5. The first-order valence-corrected chi connectivity index (χ1v) is 20.4. The van der Waals surface area contributed by atoms with Gasteiger partial charge in [0.2, 0.25) is 33.4 Å². The lowest BCUT2D eigenvalue weighted by Crippen LogP contribution is -2.58. The van der Waals surface area contributed by atoms with Crippen molar-refractivity contribution in [2.75, 3.05) is 6.54 Å². The number of aryl methyl sites for hydroxylation is 1. The highest BCUT2D eigenvalue weighted by Gasteiger charge is 2.62. The second kappa shape index (κ2) is 14.8. The maximum absolute atomic E-state index is 14.5. The summed E-state index contributed by atoms with van der Waals surface area (Å²) >= 11 is 1.18. The van der Waals surface area contributed by atoms with E-state index in [9.17, 15) is 45.2 Å². The van der Waals surface area contributed by atoms with Gasteiger partial charge in [-0.05, 0) is 74.6 Å². The van der Waals surface area contributed by atoms with Gasteiger partial charge in [-0.25, -0.2) is 22.8 Å². The molecule has 13 nitrogen and oxygen atoms in total. The van der Waals surface area contributed by atoms with E-state index in [0.29, 0.717) is 49.0 Å². The van der Waals surface area contributed by atoms with Crippen molar-refractivity contribution in [3.63, 3.8) is 0 Å². The summed E-state index contributed by atoms with van der Waals surface area (Å²) in [6, 6.07) is 2.05. The van der Waals surface area contributed by atoms with Crippen LogP contribution < -0.4 is 20.1 Å². The number of sulfonamides is 1. The first-order valence-electron chi connectivity index (χ1n) is 18.0. The summed E-state index contributed by atoms with van der Waals surface area (Å²) in [5.74, 6) is -5.35. The van der Waals surface area contributed by atoms with Crippen molar-refractivity contribution >= 4 is 56.0 Å². The fourth-order valence-corrected chi connectivity index (χ4v) is 9.30. The van der Waals surface area contributed by atoms with Crippen LogP contribution in [-0.2, 0) is 30.6 Å². The number of rotatable bonds is 7. The Morgan fingerprint density at radius 3 is 2.56 bits per heavy atom. The Morgan fingerprint density at radius 2 is 1.85 bits per heavy atom. The highest BCUT2D eigenvalue weighted by atomic mass is 32.2. The molecular formula is C36H38F4N6O7S2. The van der Waals surface area contributed by atoms with Crippen LogP contribution in [-0.4, -0.2) is 82.4 Å². The van der Waals surface area contributed by atoms with Gasteiger partial charge < -0.3 is 20.3 Å². The topological polar surface area (TPSA) is 177 Å². The van der Waals surface area contributed by atoms with Crippen LogP contribution in [0.1, 0.15) is 78.7 Å². The summed E-state index contributed by atoms with van der Waals surface area (Å²) in [5.41, 5.74) is -2.95. The number of allylic oxidation sites excluding steroid dienone is 1. The fourth-order valence-electron chi connectivity index (χ4n) is 7.11. The van der Waals surface area contributed by atoms with E-state index in [4.69, 9.17) is 4.74 Å². The molecule has 3 aromatic rings. The Balaban J connectivity index is 1.23. The highest BCUT2D eigenvalue weighted by molar-refractivity contribution is 7.91. The zero-order valence-corrected chi connectivity index (χ0v) is 31.2. The molecule has 2 aliphatic heterocycles. The molecule has 0 unspecified atom stereocenters.